The molecule has 0 amide bonds. The predicted octanol–water partition coefficient (Wildman–Crippen LogP) is 14.2. The second kappa shape index (κ2) is 15.1. The fourth-order valence-electron chi connectivity index (χ4n) is 6.77. The molecule has 0 atom stereocenters. The second-order valence-electron chi connectivity index (χ2n) is 14.1. The zero-order valence-electron chi connectivity index (χ0n) is 31.2. The van der Waals surface area contributed by atoms with Gasteiger partial charge in [-0.25, -0.2) is 4.98 Å². The van der Waals surface area contributed by atoms with E-state index in [1.165, 1.54) is 33.4 Å². The van der Waals surface area contributed by atoms with Crippen LogP contribution >= 0.6 is 0 Å². The van der Waals surface area contributed by atoms with Crippen LogP contribution in [0, 0.1) is 27.7 Å². The van der Waals surface area contributed by atoms with E-state index in [4.69, 9.17) is 4.98 Å². The first kappa shape index (κ1) is 34.4. The molecule has 0 saturated heterocycles. The minimum Gasteiger partial charge on any atom is -0.311 e. The molecule has 8 rings (SSSR count). The molecule has 3 heteroatoms. The van der Waals surface area contributed by atoms with Crippen molar-refractivity contribution in [2.75, 3.05) is 9.80 Å². The maximum absolute atomic E-state index is 5.14. The molecule has 0 N–H and O–H groups in total. The highest BCUT2D eigenvalue weighted by molar-refractivity contribution is 5.88. The Hall–Kier alpha value is -6.71. The first-order valence-electron chi connectivity index (χ1n) is 18.5. The van der Waals surface area contributed by atoms with Crippen LogP contribution in [0.25, 0.3) is 34.2 Å². The van der Waals surface area contributed by atoms with Crippen LogP contribution in [0.2, 0.25) is 0 Å². The Labute approximate surface area is 319 Å². The Bertz CT molecular complexity index is 2440. The van der Waals surface area contributed by atoms with Crippen molar-refractivity contribution < 1.29 is 0 Å². The van der Waals surface area contributed by atoms with Crippen LogP contribution in [0.15, 0.2) is 176 Å². The van der Waals surface area contributed by atoms with Gasteiger partial charge in [0.1, 0.15) is 5.82 Å². The number of benzene rings is 7. The number of rotatable bonds is 9. The summed E-state index contributed by atoms with van der Waals surface area (Å²) in [7, 11) is 0. The summed E-state index contributed by atoms with van der Waals surface area (Å²) in [4.78, 5) is 9.67. The number of aromatic nitrogens is 1. The maximum atomic E-state index is 5.14. The third-order valence-electron chi connectivity index (χ3n) is 9.94. The first-order chi connectivity index (χ1) is 26.4. The molecular weight excluding hydrogens is 655 g/mol. The van der Waals surface area contributed by atoms with E-state index < -0.39 is 0 Å². The molecule has 0 radical (unpaired) electrons. The van der Waals surface area contributed by atoms with Gasteiger partial charge in [-0.3, -0.25) is 4.90 Å². The predicted molar refractivity (Wildman–Crippen MR) is 231 cm³/mol. The van der Waals surface area contributed by atoms with Crippen molar-refractivity contribution in [2.45, 2.75) is 27.7 Å². The van der Waals surface area contributed by atoms with E-state index in [0.29, 0.717) is 0 Å². The van der Waals surface area contributed by atoms with Crippen molar-refractivity contribution in [1.82, 2.24) is 4.98 Å². The zero-order valence-corrected chi connectivity index (χ0v) is 31.2. The van der Waals surface area contributed by atoms with Crippen LogP contribution in [-0.2, 0) is 0 Å². The highest BCUT2D eigenvalue weighted by Gasteiger charge is 2.15. The highest BCUT2D eigenvalue weighted by Crippen LogP contribution is 2.37. The lowest BCUT2D eigenvalue weighted by Gasteiger charge is -2.25. The molecule has 7 aromatic carbocycles. The van der Waals surface area contributed by atoms with E-state index in [0.717, 1.165) is 56.3 Å². The summed E-state index contributed by atoms with van der Waals surface area (Å²) >= 11 is 0. The van der Waals surface area contributed by atoms with Crippen LogP contribution in [0.3, 0.4) is 0 Å². The van der Waals surface area contributed by atoms with Gasteiger partial charge in [-0.1, -0.05) is 125 Å². The van der Waals surface area contributed by atoms with E-state index in [9.17, 15) is 0 Å². The fourth-order valence-corrected chi connectivity index (χ4v) is 6.77. The lowest BCUT2D eigenvalue weighted by Crippen LogP contribution is -2.11. The number of fused-ring (bicyclic) bond motifs is 1. The normalized spacial score (nSPS) is 11.3. The molecule has 3 nitrogen and oxygen atoms in total. The van der Waals surface area contributed by atoms with Crippen LogP contribution in [0.1, 0.15) is 33.4 Å². The summed E-state index contributed by atoms with van der Waals surface area (Å²) in [5.74, 6) is 0.892. The average molecular weight is 698 g/mol. The van der Waals surface area contributed by atoms with Crippen molar-refractivity contribution in [1.29, 1.82) is 0 Å². The van der Waals surface area contributed by atoms with Gasteiger partial charge < -0.3 is 4.90 Å². The van der Waals surface area contributed by atoms with Gasteiger partial charge in [0.2, 0.25) is 0 Å². The molecule has 1 heterocycles. The van der Waals surface area contributed by atoms with Gasteiger partial charge >= 0.3 is 0 Å². The number of hydrogen-bond donors (Lipinski definition) is 0. The maximum Gasteiger partial charge on any atom is 0.138 e. The number of pyridine rings is 1. The van der Waals surface area contributed by atoms with Crippen molar-refractivity contribution in [3.05, 3.63) is 209 Å². The molecule has 0 aliphatic carbocycles. The van der Waals surface area contributed by atoms with Gasteiger partial charge in [0, 0.05) is 33.8 Å². The molecule has 0 aliphatic heterocycles. The molecule has 0 spiro atoms. The molecule has 0 unspecified atom stereocenters. The van der Waals surface area contributed by atoms with Crippen molar-refractivity contribution in [3.63, 3.8) is 0 Å². The Balaban J connectivity index is 0.996. The lowest BCUT2D eigenvalue weighted by atomic mass is 10.0. The minimum absolute atomic E-state index is 0.892. The van der Waals surface area contributed by atoms with Crippen molar-refractivity contribution >= 4 is 57.3 Å². The number of anilines is 6. The second-order valence-corrected chi connectivity index (χ2v) is 14.1. The van der Waals surface area contributed by atoms with Gasteiger partial charge in [0.05, 0.1) is 5.52 Å². The molecule has 54 heavy (non-hydrogen) atoms. The van der Waals surface area contributed by atoms with Gasteiger partial charge in [-0.05, 0) is 135 Å². The van der Waals surface area contributed by atoms with E-state index in [-0.39, 0.29) is 0 Å². The smallest absolute Gasteiger partial charge is 0.138 e. The molecule has 262 valence electrons. The largest absolute Gasteiger partial charge is 0.311 e. The van der Waals surface area contributed by atoms with Gasteiger partial charge in [0.25, 0.3) is 0 Å². The third kappa shape index (κ3) is 7.58. The zero-order chi connectivity index (χ0) is 37.0. The molecule has 8 aromatic rings. The van der Waals surface area contributed by atoms with Gasteiger partial charge in [-0.2, -0.15) is 0 Å². The first-order valence-corrected chi connectivity index (χ1v) is 18.5. The monoisotopic (exact) mass is 697 g/mol. The minimum atomic E-state index is 0.892. The number of hydrogen-bond acceptors (Lipinski definition) is 3. The number of nitrogens with zero attached hydrogens (tertiary/aromatic N) is 3. The van der Waals surface area contributed by atoms with Crippen LogP contribution in [0.4, 0.5) is 34.3 Å². The third-order valence-corrected chi connectivity index (χ3v) is 9.94. The summed E-state index contributed by atoms with van der Waals surface area (Å²) in [6.45, 7) is 8.48. The molecule has 0 bridgehead atoms. The number of aryl methyl sites for hydroxylation is 4. The van der Waals surface area contributed by atoms with Crippen molar-refractivity contribution in [2.24, 2.45) is 0 Å². The Kier molecular flexibility index (Phi) is 9.62. The molecular formula is C51H43N3. The topological polar surface area (TPSA) is 19.4 Å². The van der Waals surface area contributed by atoms with Gasteiger partial charge in [0.15, 0.2) is 0 Å². The quantitative estimate of drug-likeness (QED) is 0.140. The Morgan fingerprint density at radius 3 is 1.17 bits per heavy atom. The van der Waals surface area contributed by atoms with Crippen LogP contribution in [-0.4, -0.2) is 4.98 Å². The highest BCUT2D eigenvalue weighted by atomic mass is 15.2. The molecule has 1 aromatic heterocycles. The molecule has 0 aliphatic rings. The van der Waals surface area contributed by atoms with E-state index >= 15 is 0 Å². The van der Waals surface area contributed by atoms with Crippen LogP contribution in [0.5, 0.6) is 0 Å². The Morgan fingerprint density at radius 2 is 0.722 bits per heavy atom. The molecule has 0 saturated carbocycles. The van der Waals surface area contributed by atoms with Crippen molar-refractivity contribution in [3.8, 4) is 11.1 Å². The molecule has 0 fully saturated rings. The Morgan fingerprint density at radius 1 is 0.352 bits per heavy atom. The van der Waals surface area contributed by atoms with Gasteiger partial charge in [-0.15, -0.1) is 0 Å². The fraction of sp³-hybridized carbons (Fsp3) is 0.0784. The van der Waals surface area contributed by atoms with E-state index in [1.807, 2.05) is 0 Å². The van der Waals surface area contributed by atoms with E-state index in [1.54, 1.807) is 0 Å². The summed E-state index contributed by atoms with van der Waals surface area (Å²) in [5.41, 5.74) is 16.2. The summed E-state index contributed by atoms with van der Waals surface area (Å²) in [5, 5.41) is 1.11. The average Bonchev–Trinajstić information content (AvgIpc) is 3.20. The van der Waals surface area contributed by atoms with E-state index in [2.05, 4.69) is 226 Å². The standard InChI is InChI=1S/C51H43N3/c1-36-5-23-45(24-6-36)53(46-25-7-37(2)8-26-46)47-31-17-41(18-32-47)14-13-40-15-19-42(20-16-40)43-21-33-50-44(35-43)22-34-51(52-50)54(48-27-9-38(3)10-28-48)49-29-11-39(4)12-30-49/h5-35H,1-4H3. The SMILES string of the molecule is Cc1ccc(N(c2ccc(C)cc2)c2ccc(C=Cc3ccc(-c4ccc5nc(N(c6ccc(C)cc6)c6ccc(C)cc6)ccc5c4)cc3)cc2)cc1. The summed E-state index contributed by atoms with van der Waals surface area (Å²) in [6.07, 6.45) is 4.35. The lowest BCUT2D eigenvalue weighted by molar-refractivity contribution is 1.20. The van der Waals surface area contributed by atoms with Crippen LogP contribution < -0.4 is 9.80 Å². The summed E-state index contributed by atoms with van der Waals surface area (Å²) in [6, 6.07) is 63.0. The summed E-state index contributed by atoms with van der Waals surface area (Å²) < 4.78 is 0.